The van der Waals surface area contributed by atoms with E-state index in [9.17, 15) is 13.2 Å². The summed E-state index contributed by atoms with van der Waals surface area (Å²) in [7, 11) is -3.96. The van der Waals surface area contributed by atoms with Crippen molar-refractivity contribution in [2.24, 2.45) is 11.1 Å². The molecule has 34 heavy (non-hydrogen) atoms. The van der Waals surface area contributed by atoms with E-state index in [2.05, 4.69) is 15.3 Å². The van der Waals surface area contributed by atoms with Crippen molar-refractivity contribution in [3.63, 3.8) is 0 Å². The molecule has 0 spiro atoms. The van der Waals surface area contributed by atoms with Gasteiger partial charge in [0.15, 0.2) is 0 Å². The lowest BCUT2D eigenvalue weighted by Crippen LogP contribution is -2.22. The number of nitrogens with two attached hydrogens (primary N) is 1. The summed E-state index contributed by atoms with van der Waals surface area (Å²) in [5, 5.41) is 8.83. The van der Waals surface area contributed by atoms with Crippen LogP contribution in [-0.2, 0) is 14.5 Å². The number of nitrogens with one attached hydrogen (secondary N) is 1. The fraction of sp³-hybridized carbons (Fsp3) is 0.286. The van der Waals surface area contributed by atoms with Gasteiger partial charge >= 0.3 is 10.3 Å². The van der Waals surface area contributed by atoms with Crippen molar-refractivity contribution >= 4 is 68.2 Å². The van der Waals surface area contributed by atoms with E-state index in [-0.39, 0.29) is 24.3 Å². The van der Waals surface area contributed by atoms with Gasteiger partial charge in [-0.05, 0) is 49.4 Å². The van der Waals surface area contributed by atoms with Crippen molar-refractivity contribution < 1.29 is 17.4 Å². The van der Waals surface area contributed by atoms with E-state index in [0.717, 1.165) is 22.6 Å². The van der Waals surface area contributed by atoms with Gasteiger partial charge in [-0.25, -0.2) is 15.1 Å². The summed E-state index contributed by atoms with van der Waals surface area (Å²) < 4.78 is 27.3. The van der Waals surface area contributed by atoms with Crippen LogP contribution in [0.3, 0.4) is 0 Å². The fourth-order valence-electron chi connectivity index (χ4n) is 3.68. The molecule has 2 aromatic heterocycles. The molecule has 2 atom stereocenters. The van der Waals surface area contributed by atoms with E-state index in [1.807, 2.05) is 18.2 Å². The maximum Gasteiger partial charge on any atom is 0.333 e. The molecule has 0 bridgehead atoms. The largest absolute Gasteiger partial charge is 0.367 e. The summed E-state index contributed by atoms with van der Waals surface area (Å²) in [6.07, 6.45) is 5.06. The molecule has 1 fully saturated rings. The number of carbonyl (C=O) groups is 1. The van der Waals surface area contributed by atoms with Crippen LogP contribution in [0.4, 0.5) is 5.82 Å². The van der Waals surface area contributed by atoms with E-state index in [0.29, 0.717) is 32.0 Å². The van der Waals surface area contributed by atoms with Gasteiger partial charge in [-0.2, -0.15) is 8.42 Å². The lowest BCUT2D eigenvalue weighted by atomic mass is 10.1. The van der Waals surface area contributed by atoms with E-state index in [1.165, 1.54) is 35.6 Å². The fourth-order valence-corrected chi connectivity index (χ4v) is 6.63. The summed E-state index contributed by atoms with van der Waals surface area (Å²) in [6.45, 7) is 0.0351. The van der Waals surface area contributed by atoms with E-state index >= 15 is 0 Å². The monoisotopic (exact) mass is 558 g/mol. The summed E-state index contributed by atoms with van der Waals surface area (Å²) in [5.41, 5.74) is 0.337. The molecule has 3 N–H and O–H groups in total. The zero-order valence-corrected chi connectivity index (χ0v) is 21.6. The summed E-state index contributed by atoms with van der Waals surface area (Å²) in [4.78, 5) is 23.7. The molecule has 0 amide bonds. The average molecular weight is 560 g/mol. The lowest BCUT2D eigenvalue weighted by molar-refractivity contribution is 0.104. The minimum Gasteiger partial charge on any atom is -0.367 e. The number of thiophene rings is 1. The van der Waals surface area contributed by atoms with Crippen molar-refractivity contribution in [3.8, 4) is 0 Å². The zero-order chi connectivity index (χ0) is 24.3. The molecule has 1 aromatic carbocycles. The standard InChI is InChI=1S/C21H20Cl2N4O4S3/c22-13-2-1-3-15(7-13)32-18-8-17(33-20(18)23)19(28)16-9-25-11-26-21(16)27-14-5-4-12(6-14)10-31-34(24,29)30/h1-3,7-9,11-12,14H,4-6,10H2,(H2,24,29,30)(H,25,26,27)/t12-,14+/m1/s1. The Hall–Kier alpha value is -1.73. The first kappa shape index (κ1) is 25.4. The van der Waals surface area contributed by atoms with E-state index in [1.54, 1.807) is 12.1 Å². The summed E-state index contributed by atoms with van der Waals surface area (Å²) >= 11 is 15.1. The van der Waals surface area contributed by atoms with Crippen molar-refractivity contribution in [2.75, 3.05) is 11.9 Å². The topological polar surface area (TPSA) is 124 Å². The van der Waals surface area contributed by atoms with Gasteiger partial charge in [0.2, 0.25) is 5.78 Å². The van der Waals surface area contributed by atoms with Gasteiger partial charge in [0.25, 0.3) is 0 Å². The highest BCUT2D eigenvalue weighted by atomic mass is 35.5. The predicted molar refractivity (Wildman–Crippen MR) is 134 cm³/mol. The van der Waals surface area contributed by atoms with Gasteiger partial charge in [0.05, 0.1) is 17.0 Å². The third-order valence-corrected chi connectivity index (χ3v) is 8.54. The minimum atomic E-state index is -3.96. The highest BCUT2D eigenvalue weighted by Crippen LogP contribution is 2.40. The van der Waals surface area contributed by atoms with Crippen LogP contribution in [0.5, 0.6) is 0 Å². The van der Waals surface area contributed by atoms with Crippen LogP contribution >= 0.6 is 46.3 Å². The van der Waals surface area contributed by atoms with Crippen molar-refractivity contribution in [3.05, 3.63) is 62.7 Å². The quantitative estimate of drug-likeness (QED) is 0.350. The second-order valence-electron chi connectivity index (χ2n) is 7.72. The van der Waals surface area contributed by atoms with Gasteiger partial charge in [-0.1, -0.05) is 41.0 Å². The molecule has 1 aliphatic rings. The first-order valence-corrected chi connectivity index (χ1v) is 14.0. The van der Waals surface area contributed by atoms with Crippen LogP contribution in [-0.4, -0.2) is 36.8 Å². The molecule has 0 saturated heterocycles. The highest BCUT2D eigenvalue weighted by Gasteiger charge is 2.28. The molecule has 0 unspecified atom stereocenters. The highest BCUT2D eigenvalue weighted by molar-refractivity contribution is 7.99. The van der Waals surface area contributed by atoms with Crippen LogP contribution in [0.15, 0.2) is 52.6 Å². The maximum absolute atomic E-state index is 13.3. The van der Waals surface area contributed by atoms with Gasteiger partial charge in [0.1, 0.15) is 16.5 Å². The second-order valence-corrected chi connectivity index (χ2v) is 12.1. The number of aromatic nitrogens is 2. The molecule has 3 aromatic rings. The van der Waals surface area contributed by atoms with Crippen molar-refractivity contribution in [1.29, 1.82) is 0 Å². The molecule has 8 nitrogen and oxygen atoms in total. The van der Waals surface area contributed by atoms with Gasteiger partial charge in [0, 0.05) is 27.1 Å². The Bertz CT molecular complexity index is 1300. The Morgan fingerprint density at radius 3 is 2.88 bits per heavy atom. The maximum atomic E-state index is 13.3. The molecule has 0 aliphatic heterocycles. The molecule has 2 heterocycles. The van der Waals surface area contributed by atoms with Crippen LogP contribution < -0.4 is 10.5 Å². The number of benzene rings is 1. The van der Waals surface area contributed by atoms with E-state index < -0.39 is 10.3 Å². The van der Waals surface area contributed by atoms with Crippen LogP contribution in [0, 0.1) is 5.92 Å². The molecular formula is C21H20Cl2N4O4S3. The predicted octanol–water partition coefficient (Wildman–Crippen LogP) is 5.03. The number of halogens is 2. The van der Waals surface area contributed by atoms with Crippen LogP contribution in [0.25, 0.3) is 0 Å². The third kappa shape index (κ3) is 6.69. The SMILES string of the molecule is NS(=O)(=O)OC[C@@H]1CC[C@H](Nc2ncncc2C(=O)c2cc(Sc3cccc(Cl)c3)c(Cl)s2)C1. The third-order valence-electron chi connectivity index (χ3n) is 5.21. The van der Waals surface area contributed by atoms with Crippen LogP contribution in [0.2, 0.25) is 9.36 Å². The minimum absolute atomic E-state index is 0.0106. The lowest BCUT2D eigenvalue weighted by Gasteiger charge is -2.15. The Morgan fingerprint density at radius 1 is 1.29 bits per heavy atom. The van der Waals surface area contributed by atoms with Gasteiger partial charge < -0.3 is 5.32 Å². The molecule has 0 radical (unpaired) electrons. The van der Waals surface area contributed by atoms with Gasteiger partial charge in [-0.15, -0.1) is 11.3 Å². The molecule has 1 aliphatic carbocycles. The van der Waals surface area contributed by atoms with E-state index in [4.69, 9.17) is 32.5 Å². The van der Waals surface area contributed by atoms with Gasteiger partial charge in [-0.3, -0.25) is 8.98 Å². The Morgan fingerprint density at radius 2 is 2.12 bits per heavy atom. The normalized spacial score (nSPS) is 18.2. The Kier molecular flexibility index (Phi) is 8.13. The summed E-state index contributed by atoms with van der Waals surface area (Å²) in [6, 6.07) is 9.16. The van der Waals surface area contributed by atoms with Crippen LogP contribution in [0.1, 0.15) is 34.5 Å². The number of anilines is 1. The molecular weight excluding hydrogens is 539 g/mol. The first-order chi connectivity index (χ1) is 16.2. The summed E-state index contributed by atoms with van der Waals surface area (Å²) in [5.74, 6) is 0.227. The Balaban J connectivity index is 1.46. The molecule has 4 rings (SSSR count). The molecule has 180 valence electrons. The Labute approximate surface area is 215 Å². The number of hydrogen-bond acceptors (Lipinski definition) is 9. The first-order valence-electron chi connectivity index (χ1n) is 10.2. The number of rotatable bonds is 9. The molecule has 1 saturated carbocycles. The number of carbonyl (C=O) groups excluding carboxylic acids is 1. The number of nitrogens with zero attached hydrogens (tertiary/aromatic N) is 2. The average Bonchev–Trinajstić information content (AvgIpc) is 3.38. The smallest absolute Gasteiger partial charge is 0.333 e. The molecule has 13 heteroatoms. The van der Waals surface area contributed by atoms with Crippen molar-refractivity contribution in [2.45, 2.75) is 35.1 Å². The number of hydrogen-bond donors (Lipinski definition) is 2. The number of ketones is 1. The zero-order valence-electron chi connectivity index (χ0n) is 17.6. The second kappa shape index (κ2) is 10.9. The van der Waals surface area contributed by atoms with Crippen molar-refractivity contribution in [1.82, 2.24) is 9.97 Å².